The molecular weight excluding hydrogens is 540 g/mol. The summed E-state index contributed by atoms with van der Waals surface area (Å²) in [6.07, 6.45) is 2.25. The minimum atomic E-state index is -0.520. The molecule has 1 aromatic carbocycles. The molecule has 0 saturated carbocycles. The molecular formula is C35H62N4O4. The Hall–Kier alpha value is -2.00. The van der Waals surface area contributed by atoms with Gasteiger partial charge in [-0.05, 0) is 63.1 Å². The van der Waals surface area contributed by atoms with Crippen molar-refractivity contribution in [1.82, 2.24) is 19.6 Å². The standard InChI is InChI=1S/C35H62N4O4/c1-33(2,3)15-17-36-19-20-37(18-16-34(4,5)6)22-24-39(28-32(41)43-35(7,8)9)26-25-38(23-21-36)27-31(40)42-29-30-13-11-10-12-14-30/h10-14H,15-29H2,1-9H3. The first kappa shape index (κ1) is 37.2. The van der Waals surface area contributed by atoms with Gasteiger partial charge in [-0.2, -0.15) is 0 Å². The quantitative estimate of drug-likeness (QED) is 0.340. The number of carbonyl (C=O) groups excluding carboxylic acids is 2. The molecule has 8 nitrogen and oxygen atoms in total. The van der Waals surface area contributed by atoms with Crippen LogP contribution in [0.4, 0.5) is 0 Å². The van der Waals surface area contributed by atoms with Gasteiger partial charge in [0, 0.05) is 52.4 Å². The van der Waals surface area contributed by atoms with E-state index in [1.54, 1.807) is 0 Å². The maximum absolute atomic E-state index is 12.9. The minimum absolute atomic E-state index is 0.206. The van der Waals surface area contributed by atoms with Crippen molar-refractivity contribution >= 4 is 11.9 Å². The van der Waals surface area contributed by atoms with E-state index in [1.165, 1.54) is 0 Å². The molecule has 0 aliphatic carbocycles. The summed E-state index contributed by atoms with van der Waals surface area (Å²) in [4.78, 5) is 35.3. The second-order valence-electron chi connectivity index (χ2n) is 15.6. The third kappa shape index (κ3) is 18.4. The van der Waals surface area contributed by atoms with Gasteiger partial charge < -0.3 is 19.3 Å². The van der Waals surface area contributed by atoms with Crippen LogP contribution in [0, 0.1) is 10.8 Å². The first-order chi connectivity index (χ1) is 20.0. The lowest BCUT2D eigenvalue weighted by Crippen LogP contribution is -2.48. The summed E-state index contributed by atoms with van der Waals surface area (Å²) in [7, 11) is 0. The Labute approximate surface area is 263 Å². The fourth-order valence-corrected chi connectivity index (χ4v) is 4.85. The summed E-state index contributed by atoms with van der Waals surface area (Å²) >= 11 is 0. The molecule has 2 rings (SSSR count). The van der Waals surface area contributed by atoms with Crippen molar-refractivity contribution in [3.05, 3.63) is 35.9 Å². The smallest absolute Gasteiger partial charge is 0.320 e. The summed E-state index contributed by atoms with van der Waals surface area (Å²) in [6.45, 7) is 29.0. The number of carbonyl (C=O) groups is 2. The van der Waals surface area contributed by atoms with Crippen LogP contribution in [0.1, 0.15) is 80.7 Å². The van der Waals surface area contributed by atoms with E-state index in [0.29, 0.717) is 13.1 Å². The highest BCUT2D eigenvalue weighted by atomic mass is 16.6. The summed E-state index contributed by atoms with van der Waals surface area (Å²) in [5.41, 5.74) is 0.991. The van der Waals surface area contributed by atoms with Crippen LogP contribution in [-0.4, -0.2) is 116 Å². The van der Waals surface area contributed by atoms with Gasteiger partial charge in [-0.25, -0.2) is 0 Å². The van der Waals surface area contributed by atoms with Crippen molar-refractivity contribution in [2.24, 2.45) is 10.8 Å². The zero-order chi connectivity index (χ0) is 32.1. The van der Waals surface area contributed by atoms with Crippen molar-refractivity contribution < 1.29 is 19.1 Å². The number of esters is 2. The van der Waals surface area contributed by atoms with Gasteiger partial charge >= 0.3 is 11.9 Å². The van der Waals surface area contributed by atoms with Crippen molar-refractivity contribution in [1.29, 1.82) is 0 Å². The average Bonchev–Trinajstić information content (AvgIpc) is 2.88. The van der Waals surface area contributed by atoms with Crippen LogP contribution in [-0.2, 0) is 25.7 Å². The number of benzene rings is 1. The monoisotopic (exact) mass is 602 g/mol. The summed E-state index contributed by atoms with van der Waals surface area (Å²) in [5, 5.41) is 0. The summed E-state index contributed by atoms with van der Waals surface area (Å²) < 4.78 is 11.3. The lowest BCUT2D eigenvalue weighted by molar-refractivity contribution is -0.156. The van der Waals surface area contributed by atoms with Crippen molar-refractivity contribution in [3.8, 4) is 0 Å². The molecule has 43 heavy (non-hydrogen) atoms. The minimum Gasteiger partial charge on any atom is -0.460 e. The predicted octanol–water partition coefficient (Wildman–Crippen LogP) is 5.17. The lowest BCUT2D eigenvalue weighted by atomic mass is 9.92. The SMILES string of the molecule is CC(C)(C)CCN1CCN(CCC(C)(C)C)CCN(CC(=O)OC(C)(C)C)CCN(CC(=O)OCc2ccccc2)CC1. The Morgan fingerprint density at radius 2 is 1.00 bits per heavy atom. The Kier molecular flexibility index (Phi) is 15.1. The molecule has 0 N–H and O–H groups in total. The largest absolute Gasteiger partial charge is 0.460 e. The van der Waals surface area contributed by atoms with Gasteiger partial charge in [-0.1, -0.05) is 71.9 Å². The maximum Gasteiger partial charge on any atom is 0.320 e. The third-order valence-electron chi connectivity index (χ3n) is 7.65. The van der Waals surface area contributed by atoms with Gasteiger partial charge in [0.1, 0.15) is 12.2 Å². The van der Waals surface area contributed by atoms with Crippen LogP contribution >= 0.6 is 0 Å². The fraction of sp³-hybridized carbons (Fsp3) is 0.771. The van der Waals surface area contributed by atoms with Gasteiger partial charge in [0.15, 0.2) is 0 Å². The van der Waals surface area contributed by atoms with E-state index >= 15 is 0 Å². The first-order valence-electron chi connectivity index (χ1n) is 16.3. The number of hydrogen-bond donors (Lipinski definition) is 0. The number of rotatable bonds is 10. The fourth-order valence-electron chi connectivity index (χ4n) is 4.85. The Morgan fingerprint density at radius 1 is 0.605 bits per heavy atom. The highest BCUT2D eigenvalue weighted by Crippen LogP contribution is 2.20. The molecule has 0 bridgehead atoms. The Morgan fingerprint density at radius 3 is 1.40 bits per heavy atom. The molecule has 1 fully saturated rings. The molecule has 0 atom stereocenters. The van der Waals surface area contributed by atoms with Gasteiger partial charge in [0.05, 0.1) is 13.1 Å². The topological polar surface area (TPSA) is 65.6 Å². The summed E-state index contributed by atoms with van der Waals surface area (Å²) in [6, 6.07) is 9.80. The molecule has 0 radical (unpaired) electrons. The van der Waals surface area contributed by atoms with Gasteiger partial charge in [-0.15, -0.1) is 0 Å². The average molecular weight is 603 g/mol. The number of nitrogens with zero attached hydrogens (tertiary/aromatic N) is 4. The van der Waals surface area contributed by atoms with E-state index in [1.807, 2.05) is 51.1 Å². The first-order valence-corrected chi connectivity index (χ1v) is 16.3. The van der Waals surface area contributed by atoms with Crippen LogP contribution in [0.15, 0.2) is 30.3 Å². The number of hydrogen-bond acceptors (Lipinski definition) is 8. The molecule has 8 heteroatoms. The van der Waals surface area contributed by atoms with Crippen LogP contribution < -0.4 is 0 Å². The van der Waals surface area contributed by atoms with E-state index in [4.69, 9.17) is 9.47 Å². The zero-order valence-corrected chi connectivity index (χ0v) is 28.9. The number of ether oxygens (including phenoxy) is 2. The van der Waals surface area contributed by atoms with Gasteiger partial charge in [-0.3, -0.25) is 19.4 Å². The van der Waals surface area contributed by atoms with E-state index < -0.39 is 5.60 Å². The van der Waals surface area contributed by atoms with E-state index in [9.17, 15) is 9.59 Å². The molecule has 1 saturated heterocycles. The van der Waals surface area contributed by atoms with Crippen LogP contribution in [0.2, 0.25) is 0 Å². The van der Waals surface area contributed by atoms with Gasteiger partial charge in [0.2, 0.25) is 0 Å². The van der Waals surface area contributed by atoms with E-state index in [2.05, 4.69) is 61.1 Å². The predicted molar refractivity (Wildman–Crippen MR) is 176 cm³/mol. The maximum atomic E-state index is 12.9. The highest BCUT2D eigenvalue weighted by molar-refractivity contribution is 5.72. The normalized spacial score (nSPS) is 18.1. The Bertz CT molecular complexity index is 949. The molecule has 0 spiro atoms. The summed E-state index contributed by atoms with van der Waals surface area (Å²) in [5.74, 6) is -0.424. The molecule has 246 valence electrons. The molecule has 0 amide bonds. The molecule has 1 aliphatic heterocycles. The zero-order valence-electron chi connectivity index (χ0n) is 28.9. The van der Waals surface area contributed by atoms with Crippen LogP contribution in [0.5, 0.6) is 0 Å². The second-order valence-corrected chi connectivity index (χ2v) is 15.6. The Balaban J connectivity index is 2.17. The van der Waals surface area contributed by atoms with E-state index in [0.717, 1.165) is 70.8 Å². The molecule has 0 aromatic heterocycles. The van der Waals surface area contributed by atoms with Crippen molar-refractivity contribution in [2.45, 2.75) is 87.4 Å². The highest BCUT2D eigenvalue weighted by Gasteiger charge is 2.24. The molecule has 1 aromatic rings. The molecule has 0 unspecified atom stereocenters. The van der Waals surface area contributed by atoms with Crippen LogP contribution in [0.25, 0.3) is 0 Å². The molecule has 1 heterocycles. The van der Waals surface area contributed by atoms with Crippen molar-refractivity contribution in [3.63, 3.8) is 0 Å². The van der Waals surface area contributed by atoms with Crippen molar-refractivity contribution in [2.75, 3.05) is 78.5 Å². The third-order valence-corrected chi connectivity index (χ3v) is 7.65. The lowest BCUT2D eigenvalue weighted by Gasteiger charge is -2.35. The van der Waals surface area contributed by atoms with E-state index in [-0.39, 0.29) is 42.5 Å². The van der Waals surface area contributed by atoms with Gasteiger partial charge in [0.25, 0.3) is 0 Å². The molecule has 1 aliphatic rings. The second kappa shape index (κ2) is 17.5. The van der Waals surface area contributed by atoms with Crippen LogP contribution in [0.3, 0.4) is 0 Å².